The molecule has 0 spiro atoms. The average Bonchev–Trinajstić information content (AvgIpc) is 2.60. The number of carbonyl (C=O) groups is 2. The summed E-state index contributed by atoms with van der Waals surface area (Å²) in [6, 6.07) is 8.87. The molecule has 0 saturated carbocycles. The highest BCUT2D eigenvalue weighted by molar-refractivity contribution is 6.31. The minimum atomic E-state index is -4.64. The van der Waals surface area contributed by atoms with Crippen molar-refractivity contribution in [1.29, 1.82) is 0 Å². The Morgan fingerprint density at radius 3 is 2.35 bits per heavy atom. The first-order valence-electron chi connectivity index (χ1n) is 7.39. The predicted molar refractivity (Wildman–Crippen MR) is 93.4 cm³/mol. The molecule has 2 amide bonds. The maximum Gasteiger partial charge on any atom is 0.417 e. The summed E-state index contributed by atoms with van der Waals surface area (Å²) in [5.41, 5.74) is -0.742. The van der Waals surface area contributed by atoms with Crippen LogP contribution in [0.4, 0.5) is 18.9 Å². The molecule has 2 N–H and O–H groups in total. The topological polar surface area (TPSA) is 58.2 Å². The van der Waals surface area contributed by atoms with E-state index in [1.54, 1.807) is 0 Å². The molecule has 0 aliphatic carbocycles. The van der Waals surface area contributed by atoms with Crippen LogP contribution in [0.3, 0.4) is 0 Å². The van der Waals surface area contributed by atoms with E-state index in [0.717, 1.165) is 12.1 Å². The number of nitrogens with one attached hydrogen (secondary N) is 2. The maximum absolute atomic E-state index is 12.9. The highest BCUT2D eigenvalue weighted by Gasteiger charge is 2.33. The van der Waals surface area contributed by atoms with Gasteiger partial charge in [0.25, 0.3) is 11.8 Å². The molecule has 0 aliphatic heterocycles. The van der Waals surface area contributed by atoms with Gasteiger partial charge >= 0.3 is 6.18 Å². The zero-order chi connectivity index (χ0) is 19.3. The Balaban J connectivity index is 2.20. The number of alkyl halides is 3. The van der Waals surface area contributed by atoms with E-state index in [2.05, 4.69) is 17.2 Å². The van der Waals surface area contributed by atoms with Crippen LogP contribution >= 0.6 is 11.6 Å². The number of hydrogen-bond donors (Lipinski definition) is 2. The van der Waals surface area contributed by atoms with Gasteiger partial charge in [-0.15, -0.1) is 6.58 Å². The molecule has 0 saturated heterocycles. The van der Waals surface area contributed by atoms with Crippen LogP contribution in [0.25, 0.3) is 0 Å². The fraction of sp³-hybridized carbons (Fsp3) is 0.111. The van der Waals surface area contributed by atoms with Crippen LogP contribution < -0.4 is 10.6 Å². The van der Waals surface area contributed by atoms with Crippen molar-refractivity contribution in [1.82, 2.24) is 5.32 Å². The van der Waals surface area contributed by atoms with Gasteiger partial charge in [-0.3, -0.25) is 9.59 Å². The molecule has 0 fully saturated rings. The van der Waals surface area contributed by atoms with Crippen molar-refractivity contribution in [2.24, 2.45) is 0 Å². The Hall–Kier alpha value is -2.80. The number of hydrogen-bond acceptors (Lipinski definition) is 2. The van der Waals surface area contributed by atoms with Crippen LogP contribution in [-0.2, 0) is 6.18 Å². The average molecular weight is 383 g/mol. The minimum Gasteiger partial charge on any atom is -0.349 e. The lowest BCUT2D eigenvalue weighted by Crippen LogP contribution is -2.23. The van der Waals surface area contributed by atoms with E-state index in [1.165, 1.54) is 36.4 Å². The Labute approximate surface area is 152 Å². The zero-order valence-electron chi connectivity index (χ0n) is 13.4. The second-order valence-corrected chi connectivity index (χ2v) is 5.63. The van der Waals surface area contributed by atoms with Crippen LogP contribution in [0.1, 0.15) is 26.3 Å². The van der Waals surface area contributed by atoms with Crippen LogP contribution in [-0.4, -0.2) is 18.4 Å². The Morgan fingerprint density at radius 1 is 1.08 bits per heavy atom. The summed E-state index contributed by atoms with van der Waals surface area (Å²) in [7, 11) is 0. The Bertz CT molecular complexity index is 851. The second kappa shape index (κ2) is 8.05. The lowest BCUT2D eigenvalue weighted by atomic mass is 10.1. The zero-order valence-corrected chi connectivity index (χ0v) is 14.1. The van der Waals surface area contributed by atoms with Gasteiger partial charge in [0.05, 0.1) is 10.6 Å². The van der Waals surface area contributed by atoms with Crippen molar-refractivity contribution in [2.45, 2.75) is 6.18 Å². The SMILES string of the molecule is C=CCNC(=O)c1cccc(C(=O)Nc2ccc(Cl)c(C(F)(F)F)c2)c1. The minimum absolute atomic E-state index is 0.0618. The van der Waals surface area contributed by atoms with E-state index < -0.39 is 28.6 Å². The Morgan fingerprint density at radius 2 is 1.73 bits per heavy atom. The van der Waals surface area contributed by atoms with Crippen molar-refractivity contribution < 1.29 is 22.8 Å². The van der Waals surface area contributed by atoms with E-state index in [-0.39, 0.29) is 23.4 Å². The quantitative estimate of drug-likeness (QED) is 0.746. The van der Waals surface area contributed by atoms with Crippen LogP contribution in [0.5, 0.6) is 0 Å². The summed E-state index contributed by atoms with van der Waals surface area (Å²) < 4.78 is 38.7. The third-order valence-electron chi connectivity index (χ3n) is 3.32. The van der Waals surface area contributed by atoms with Crippen molar-refractivity contribution in [2.75, 3.05) is 11.9 Å². The summed E-state index contributed by atoms with van der Waals surface area (Å²) in [6.45, 7) is 3.75. The van der Waals surface area contributed by atoms with Crippen LogP contribution in [0.15, 0.2) is 55.1 Å². The molecule has 8 heteroatoms. The summed E-state index contributed by atoms with van der Waals surface area (Å²) >= 11 is 5.55. The summed E-state index contributed by atoms with van der Waals surface area (Å²) in [5.74, 6) is -1.05. The largest absolute Gasteiger partial charge is 0.417 e. The van der Waals surface area contributed by atoms with Gasteiger partial charge in [-0.05, 0) is 36.4 Å². The summed E-state index contributed by atoms with van der Waals surface area (Å²) in [6.07, 6.45) is -3.13. The van der Waals surface area contributed by atoms with E-state index in [9.17, 15) is 22.8 Å². The third kappa shape index (κ3) is 4.86. The van der Waals surface area contributed by atoms with Gasteiger partial charge in [0.15, 0.2) is 0 Å². The molecule has 0 bridgehead atoms. The molecule has 0 radical (unpaired) electrons. The van der Waals surface area contributed by atoms with E-state index in [0.29, 0.717) is 0 Å². The predicted octanol–water partition coefficient (Wildman–Crippen LogP) is 4.53. The molecule has 4 nitrogen and oxygen atoms in total. The number of anilines is 1. The third-order valence-corrected chi connectivity index (χ3v) is 3.65. The summed E-state index contributed by atoms with van der Waals surface area (Å²) in [4.78, 5) is 24.2. The maximum atomic E-state index is 12.9. The van der Waals surface area contributed by atoms with Gasteiger partial charge < -0.3 is 10.6 Å². The molecule has 2 rings (SSSR count). The molecule has 0 aliphatic rings. The highest BCUT2D eigenvalue weighted by Crippen LogP contribution is 2.36. The van der Waals surface area contributed by atoms with Gasteiger partial charge in [0.2, 0.25) is 0 Å². The molecule has 2 aromatic rings. The van der Waals surface area contributed by atoms with Gasteiger partial charge in [0, 0.05) is 23.4 Å². The van der Waals surface area contributed by atoms with E-state index in [4.69, 9.17) is 11.6 Å². The lowest BCUT2D eigenvalue weighted by molar-refractivity contribution is -0.137. The highest BCUT2D eigenvalue weighted by atomic mass is 35.5. The van der Waals surface area contributed by atoms with E-state index in [1.807, 2.05) is 0 Å². The number of benzene rings is 2. The van der Waals surface area contributed by atoms with Gasteiger partial charge in [-0.25, -0.2) is 0 Å². The fourth-order valence-electron chi connectivity index (χ4n) is 2.09. The monoisotopic (exact) mass is 382 g/mol. The number of rotatable bonds is 5. The molecule has 136 valence electrons. The standard InChI is InChI=1S/C18H14ClF3N2O2/c1-2-8-23-16(25)11-4-3-5-12(9-11)17(26)24-13-6-7-15(19)14(10-13)18(20,21)22/h2-7,9-10H,1,8H2,(H,23,25)(H,24,26). The lowest BCUT2D eigenvalue weighted by Gasteiger charge is -2.12. The van der Waals surface area contributed by atoms with Gasteiger partial charge in [0.1, 0.15) is 0 Å². The summed E-state index contributed by atoms with van der Waals surface area (Å²) in [5, 5.41) is 4.47. The molecule has 0 heterocycles. The van der Waals surface area contributed by atoms with Gasteiger partial charge in [-0.2, -0.15) is 13.2 Å². The first-order valence-corrected chi connectivity index (χ1v) is 7.77. The second-order valence-electron chi connectivity index (χ2n) is 5.23. The first kappa shape index (κ1) is 19.5. The molecule has 2 aromatic carbocycles. The molecular weight excluding hydrogens is 369 g/mol. The van der Waals surface area contributed by atoms with Crippen molar-refractivity contribution in [3.8, 4) is 0 Å². The first-order chi connectivity index (χ1) is 12.2. The molecule has 0 aromatic heterocycles. The fourth-order valence-corrected chi connectivity index (χ4v) is 2.32. The smallest absolute Gasteiger partial charge is 0.349 e. The van der Waals surface area contributed by atoms with E-state index >= 15 is 0 Å². The van der Waals surface area contributed by atoms with Crippen molar-refractivity contribution in [3.05, 3.63) is 76.8 Å². The van der Waals surface area contributed by atoms with Crippen molar-refractivity contribution >= 4 is 29.1 Å². The van der Waals surface area contributed by atoms with Gasteiger partial charge in [-0.1, -0.05) is 23.7 Å². The number of amides is 2. The number of halogens is 4. The Kier molecular flexibility index (Phi) is 6.05. The van der Waals surface area contributed by atoms with Crippen molar-refractivity contribution in [3.63, 3.8) is 0 Å². The van der Waals surface area contributed by atoms with Crippen LogP contribution in [0.2, 0.25) is 5.02 Å². The molecular formula is C18H14ClF3N2O2. The normalized spacial score (nSPS) is 10.9. The van der Waals surface area contributed by atoms with Crippen LogP contribution in [0, 0.1) is 0 Å². The molecule has 26 heavy (non-hydrogen) atoms. The molecule has 0 atom stereocenters. The number of carbonyl (C=O) groups excluding carboxylic acids is 2. The molecule has 0 unspecified atom stereocenters.